The Labute approximate surface area is 301 Å². The summed E-state index contributed by atoms with van der Waals surface area (Å²) >= 11 is 6.19. The van der Waals surface area contributed by atoms with Crippen LogP contribution in [-0.4, -0.2) is 16.7 Å². The number of hydrogen-bond donors (Lipinski definition) is 3. The Bertz CT molecular complexity index is 2370. The first-order chi connectivity index (χ1) is 24.3. The second kappa shape index (κ2) is 12.9. The van der Waals surface area contributed by atoms with E-state index < -0.39 is 11.5 Å². The Hall–Kier alpha value is -5.66. The predicted molar refractivity (Wildman–Crippen MR) is 206 cm³/mol. The lowest BCUT2D eigenvalue weighted by Gasteiger charge is -2.33. The van der Waals surface area contributed by atoms with Crippen LogP contribution in [-0.2, 0) is 5.41 Å². The van der Waals surface area contributed by atoms with E-state index in [4.69, 9.17) is 16.3 Å². The molecule has 0 bridgehead atoms. The third kappa shape index (κ3) is 6.65. The number of rotatable bonds is 8. The Morgan fingerprint density at radius 2 is 1.41 bits per heavy atom. The van der Waals surface area contributed by atoms with Gasteiger partial charge in [0.2, 0.25) is 0 Å². The molecule has 0 atom stereocenters. The molecule has 7 rings (SSSR count). The van der Waals surface area contributed by atoms with E-state index in [0.717, 1.165) is 6.42 Å². The van der Waals surface area contributed by atoms with E-state index in [1.165, 1.54) is 5.56 Å². The molecule has 3 N–H and O–H groups in total. The van der Waals surface area contributed by atoms with Crippen LogP contribution in [0.2, 0.25) is 5.02 Å². The molecule has 0 fully saturated rings. The summed E-state index contributed by atoms with van der Waals surface area (Å²) in [6.07, 6.45) is 0.992. The van der Waals surface area contributed by atoms with Gasteiger partial charge in [0.1, 0.15) is 11.3 Å². The van der Waals surface area contributed by atoms with Crippen LogP contribution < -0.4 is 20.9 Å². The van der Waals surface area contributed by atoms with Crippen molar-refractivity contribution in [2.45, 2.75) is 46.5 Å². The average Bonchev–Trinajstić information content (AvgIpc) is 3.08. The van der Waals surface area contributed by atoms with Crippen molar-refractivity contribution in [1.29, 1.82) is 0 Å². The Morgan fingerprint density at radius 1 is 0.765 bits per heavy atom. The molecule has 256 valence electrons. The van der Waals surface area contributed by atoms with Gasteiger partial charge in [-0.25, -0.2) is 0 Å². The molecule has 7 nitrogen and oxygen atoms in total. The molecule has 1 amide bonds. The summed E-state index contributed by atoms with van der Waals surface area (Å²) in [6.45, 7) is 11.2. The van der Waals surface area contributed by atoms with E-state index in [2.05, 4.69) is 62.4 Å². The van der Waals surface area contributed by atoms with Gasteiger partial charge in [-0.2, -0.15) is 0 Å². The molecule has 0 spiro atoms. The molecule has 1 heterocycles. The van der Waals surface area contributed by atoms with E-state index in [-0.39, 0.29) is 22.2 Å². The van der Waals surface area contributed by atoms with Crippen LogP contribution in [0, 0.1) is 5.41 Å². The fraction of sp³-hybridized carbons (Fsp3) is 0.186. The summed E-state index contributed by atoms with van der Waals surface area (Å²) in [5, 5.41) is 7.24. The minimum atomic E-state index is -0.608. The van der Waals surface area contributed by atoms with Gasteiger partial charge < -0.3 is 20.4 Å². The number of fused-ring (bicyclic) bond motifs is 2. The summed E-state index contributed by atoms with van der Waals surface area (Å²) in [6, 6.07) is 32.8. The number of benzene rings is 5. The molecule has 0 radical (unpaired) electrons. The van der Waals surface area contributed by atoms with Crippen LogP contribution in [0.4, 0.5) is 17.1 Å². The number of pyridine rings is 1. The number of aromatic amines is 1. The van der Waals surface area contributed by atoms with E-state index in [0.29, 0.717) is 66.7 Å². The number of halogens is 1. The number of para-hydroxylation sites is 1. The number of anilines is 3. The molecule has 0 saturated carbocycles. The number of hydrogen-bond acceptors (Lipinski definition) is 5. The van der Waals surface area contributed by atoms with Crippen molar-refractivity contribution in [3.8, 4) is 22.6 Å². The molecule has 1 aliphatic carbocycles. The van der Waals surface area contributed by atoms with Gasteiger partial charge in [0, 0.05) is 39.0 Å². The molecule has 0 aliphatic heterocycles. The largest absolute Gasteiger partial charge is 0.455 e. The number of ether oxygens (including phenoxy) is 1. The van der Waals surface area contributed by atoms with Gasteiger partial charge in [-0.1, -0.05) is 101 Å². The highest BCUT2D eigenvalue weighted by Gasteiger charge is 2.35. The molecular weight excluding hydrogens is 658 g/mol. The number of ketones is 1. The number of H-pyrrole nitrogens is 1. The first-order valence-electron chi connectivity index (χ1n) is 16.9. The lowest BCUT2D eigenvalue weighted by molar-refractivity contribution is 0.102. The molecule has 1 aromatic heterocycles. The maximum Gasteiger partial charge on any atom is 0.262 e. The third-order valence-corrected chi connectivity index (χ3v) is 9.39. The number of carbonyl (C=O) groups is 2. The SMILES string of the molecule is CC(C)(C)CC(C)(C)c1ccc(Oc2cc(Nc3ccc(Cl)cc3)c3c4c(c(C(=O)Nc5ccccc5)c(=O)[nH]c24)-c2ccccc2C3=O)cc1. The fourth-order valence-corrected chi connectivity index (χ4v) is 7.44. The highest BCUT2D eigenvalue weighted by atomic mass is 35.5. The maximum atomic E-state index is 14.4. The third-order valence-electron chi connectivity index (χ3n) is 9.14. The molecule has 5 aromatic carbocycles. The lowest BCUT2D eigenvalue weighted by atomic mass is 9.72. The zero-order valence-electron chi connectivity index (χ0n) is 29.1. The molecule has 0 saturated heterocycles. The highest BCUT2D eigenvalue weighted by molar-refractivity contribution is 6.31. The molecule has 0 unspecified atom stereocenters. The zero-order chi connectivity index (χ0) is 36.1. The maximum absolute atomic E-state index is 14.4. The monoisotopic (exact) mass is 695 g/mol. The van der Waals surface area contributed by atoms with E-state index in [1.54, 1.807) is 66.7 Å². The second-order valence-corrected chi connectivity index (χ2v) is 15.3. The van der Waals surface area contributed by atoms with Crippen LogP contribution >= 0.6 is 11.6 Å². The Balaban J connectivity index is 1.44. The highest BCUT2D eigenvalue weighted by Crippen LogP contribution is 2.47. The van der Waals surface area contributed by atoms with Crippen molar-refractivity contribution in [1.82, 2.24) is 4.98 Å². The van der Waals surface area contributed by atoms with Gasteiger partial charge in [0.25, 0.3) is 11.5 Å². The van der Waals surface area contributed by atoms with E-state index in [1.807, 2.05) is 30.3 Å². The minimum absolute atomic E-state index is 0.0671. The van der Waals surface area contributed by atoms with Gasteiger partial charge in [0.05, 0.1) is 16.8 Å². The van der Waals surface area contributed by atoms with Crippen molar-refractivity contribution < 1.29 is 14.3 Å². The lowest BCUT2D eigenvalue weighted by Crippen LogP contribution is -2.27. The first-order valence-corrected chi connectivity index (χ1v) is 17.3. The van der Waals surface area contributed by atoms with Crippen molar-refractivity contribution in [2.24, 2.45) is 5.41 Å². The second-order valence-electron chi connectivity index (χ2n) is 14.8. The van der Waals surface area contributed by atoms with Crippen LogP contribution in [0.25, 0.3) is 22.0 Å². The summed E-state index contributed by atoms with van der Waals surface area (Å²) in [5.74, 6) is 0.0146. The van der Waals surface area contributed by atoms with Crippen molar-refractivity contribution in [3.05, 3.63) is 147 Å². The van der Waals surface area contributed by atoms with Gasteiger partial charge in [0.15, 0.2) is 11.5 Å². The molecular formula is C43H38ClN3O4. The first kappa shape index (κ1) is 33.8. The number of aromatic nitrogens is 1. The predicted octanol–water partition coefficient (Wildman–Crippen LogP) is 10.9. The molecule has 6 aromatic rings. The quantitative estimate of drug-likeness (QED) is 0.147. The number of carbonyl (C=O) groups excluding carboxylic acids is 2. The van der Waals surface area contributed by atoms with Crippen LogP contribution in [0.15, 0.2) is 114 Å². The minimum Gasteiger partial charge on any atom is -0.455 e. The fourth-order valence-electron chi connectivity index (χ4n) is 7.31. The molecule has 1 aliphatic rings. The summed E-state index contributed by atoms with van der Waals surface area (Å²) < 4.78 is 6.57. The van der Waals surface area contributed by atoms with Crippen LogP contribution in [0.3, 0.4) is 0 Å². The van der Waals surface area contributed by atoms with Crippen molar-refractivity contribution >= 4 is 51.3 Å². The molecule has 51 heavy (non-hydrogen) atoms. The topological polar surface area (TPSA) is 100 Å². The summed E-state index contributed by atoms with van der Waals surface area (Å²) in [7, 11) is 0. The Kier molecular flexibility index (Phi) is 8.56. The average molecular weight is 696 g/mol. The summed E-state index contributed by atoms with van der Waals surface area (Å²) in [4.78, 5) is 45.4. The van der Waals surface area contributed by atoms with Crippen molar-refractivity contribution in [2.75, 3.05) is 10.6 Å². The van der Waals surface area contributed by atoms with E-state index in [9.17, 15) is 14.4 Å². The van der Waals surface area contributed by atoms with Gasteiger partial charge in [-0.3, -0.25) is 14.4 Å². The number of amides is 1. The van der Waals surface area contributed by atoms with Gasteiger partial charge >= 0.3 is 0 Å². The smallest absolute Gasteiger partial charge is 0.262 e. The zero-order valence-corrected chi connectivity index (χ0v) is 29.9. The number of nitrogens with one attached hydrogen (secondary N) is 3. The van der Waals surface area contributed by atoms with Crippen molar-refractivity contribution in [3.63, 3.8) is 0 Å². The van der Waals surface area contributed by atoms with Crippen LogP contribution in [0.1, 0.15) is 72.9 Å². The van der Waals surface area contributed by atoms with Crippen LogP contribution in [0.5, 0.6) is 11.5 Å². The molecule has 8 heteroatoms. The van der Waals surface area contributed by atoms with Gasteiger partial charge in [-0.05, 0) is 76.9 Å². The van der Waals surface area contributed by atoms with Gasteiger partial charge in [-0.15, -0.1) is 0 Å². The van der Waals surface area contributed by atoms with E-state index >= 15 is 0 Å². The standard InChI is InChI=1S/C43H38ClN3O4/c1-42(2,3)24-43(4,5)25-15-21-29(22-16-25)51-33-23-32(45-28-19-17-26(44)18-20-28)35-36-34(30-13-9-10-14-31(30)39(35)48)37(41(50)47-38(33)36)40(49)46-27-11-7-6-8-12-27/h6-23,45H,24H2,1-5H3,(H,46,49)(H,47,50). The summed E-state index contributed by atoms with van der Waals surface area (Å²) in [5.41, 5.74) is 4.06. The normalized spacial score (nSPS) is 12.4. The Morgan fingerprint density at radius 3 is 2.08 bits per heavy atom.